The Labute approximate surface area is 108 Å². The van der Waals surface area contributed by atoms with Gasteiger partial charge in [-0.15, -0.1) is 11.3 Å². The number of nitrogens with two attached hydrogens (primary N) is 1. The van der Waals surface area contributed by atoms with E-state index >= 15 is 0 Å². The number of hydrogen-bond acceptors (Lipinski definition) is 4. The molecule has 1 aromatic heterocycles. The summed E-state index contributed by atoms with van der Waals surface area (Å²) in [6.07, 6.45) is -1.40. The van der Waals surface area contributed by atoms with Crippen molar-refractivity contribution < 1.29 is 13.2 Å². The highest BCUT2D eigenvalue weighted by Crippen LogP contribution is 2.34. The van der Waals surface area contributed by atoms with Gasteiger partial charge in [0, 0.05) is 18.6 Å². The Kier molecular flexibility index (Phi) is 3.66. The highest BCUT2D eigenvalue weighted by atomic mass is 32.1. The monoisotopic (exact) mass is 279 g/mol. The summed E-state index contributed by atoms with van der Waals surface area (Å²) in [5.41, 5.74) is 5.01. The summed E-state index contributed by atoms with van der Waals surface area (Å²) in [7, 11) is 0. The van der Waals surface area contributed by atoms with Crippen molar-refractivity contribution >= 4 is 11.3 Å². The number of aryl methyl sites for hydroxylation is 1. The van der Waals surface area contributed by atoms with Crippen LogP contribution in [-0.2, 0) is 12.7 Å². The van der Waals surface area contributed by atoms with Crippen LogP contribution in [0.4, 0.5) is 13.2 Å². The molecule has 102 valence electrons. The van der Waals surface area contributed by atoms with E-state index in [1.165, 1.54) is 0 Å². The van der Waals surface area contributed by atoms with Crippen LogP contribution in [0, 0.1) is 6.92 Å². The molecule has 0 bridgehead atoms. The van der Waals surface area contributed by atoms with Crippen LogP contribution in [0.5, 0.6) is 0 Å². The zero-order chi connectivity index (χ0) is 13.4. The van der Waals surface area contributed by atoms with Gasteiger partial charge in [0.25, 0.3) is 0 Å². The maximum Gasteiger partial charge on any atom is 0.434 e. The largest absolute Gasteiger partial charge is 0.434 e. The minimum Gasteiger partial charge on any atom is -0.324 e. The highest BCUT2D eigenvalue weighted by Gasteiger charge is 2.37. The third-order valence-corrected chi connectivity index (χ3v) is 4.16. The van der Waals surface area contributed by atoms with Gasteiger partial charge in [0.1, 0.15) is 0 Å². The first kappa shape index (κ1) is 13.8. The van der Waals surface area contributed by atoms with Gasteiger partial charge in [-0.25, -0.2) is 4.98 Å². The molecule has 0 radical (unpaired) electrons. The molecule has 18 heavy (non-hydrogen) atoms. The number of rotatable bonds is 4. The van der Waals surface area contributed by atoms with Gasteiger partial charge < -0.3 is 11.1 Å². The summed E-state index contributed by atoms with van der Waals surface area (Å²) in [6, 6.07) is 0. The molecule has 1 heterocycles. The summed E-state index contributed by atoms with van der Waals surface area (Å²) < 4.78 is 38.1. The van der Waals surface area contributed by atoms with Gasteiger partial charge in [-0.3, -0.25) is 0 Å². The maximum atomic E-state index is 12.7. The molecule has 1 aliphatic rings. The zero-order valence-corrected chi connectivity index (χ0v) is 10.9. The third-order valence-electron chi connectivity index (χ3n) is 3.18. The number of hydrogen-bond donors (Lipinski definition) is 2. The van der Waals surface area contributed by atoms with Crippen LogP contribution >= 0.6 is 11.3 Å². The summed E-state index contributed by atoms with van der Waals surface area (Å²) >= 11 is 1.08. The van der Waals surface area contributed by atoms with Gasteiger partial charge in [-0.2, -0.15) is 13.2 Å². The molecular formula is C11H16F3N3S. The SMILES string of the molecule is Cc1nc(C(F)(F)F)c(CNCC2(N)CCC2)s1. The Morgan fingerprint density at radius 2 is 2.11 bits per heavy atom. The Morgan fingerprint density at radius 1 is 1.44 bits per heavy atom. The second-order valence-corrected chi connectivity index (χ2v) is 6.11. The first-order chi connectivity index (χ1) is 8.30. The minimum atomic E-state index is -4.38. The molecule has 1 aliphatic carbocycles. The smallest absolute Gasteiger partial charge is 0.324 e. The predicted molar refractivity (Wildman–Crippen MR) is 64.3 cm³/mol. The highest BCUT2D eigenvalue weighted by molar-refractivity contribution is 7.11. The molecule has 0 aliphatic heterocycles. The van der Waals surface area contributed by atoms with Crippen LogP contribution in [0.2, 0.25) is 0 Å². The number of nitrogens with one attached hydrogen (secondary N) is 1. The van der Waals surface area contributed by atoms with Crippen molar-refractivity contribution in [3.05, 3.63) is 15.6 Å². The summed E-state index contributed by atoms with van der Waals surface area (Å²) in [6.45, 7) is 2.32. The number of thiazole rings is 1. The van der Waals surface area contributed by atoms with Crippen molar-refractivity contribution in [3.63, 3.8) is 0 Å². The molecule has 0 saturated heterocycles. The van der Waals surface area contributed by atoms with Crippen molar-refractivity contribution in [1.82, 2.24) is 10.3 Å². The van der Waals surface area contributed by atoms with Crippen LogP contribution in [0.3, 0.4) is 0 Å². The Hall–Kier alpha value is -0.660. The minimum absolute atomic E-state index is 0.180. The zero-order valence-electron chi connectivity index (χ0n) is 10.1. The molecule has 1 saturated carbocycles. The third kappa shape index (κ3) is 3.02. The Balaban J connectivity index is 1.96. The van der Waals surface area contributed by atoms with Crippen LogP contribution in [0.1, 0.15) is 34.8 Å². The molecule has 0 aromatic carbocycles. The molecule has 0 amide bonds. The van der Waals surface area contributed by atoms with E-state index in [0.29, 0.717) is 11.6 Å². The molecule has 1 fully saturated rings. The van der Waals surface area contributed by atoms with E-state index in [9.17, 15) is 13.2 Å². The van der Waals surface area contributed by atoms with Gasteiger partial charge in [-0.1, -0.05) is 0 Å². The molecule has 7 heteroatoms. The van der Waals surface area contributed by atoms with Gasteiger partial charge in [0.15, 0.2) is 5.69 Å². The molecule has 1 aromatic rings. The number of alkyl halides is 3. The second-order valence-electron chi connectivity index (χ2n) is 4.82. The fourth-order valence-corrected chi connectivity index (χ4v) is 2.97. The van der Waals surface area contributed by atoms with Crippen molar-refractivity contribution in [2.45, 2.75) is 44.4 Å². The maximum absolute atomic E-state index is 12.7. The van der Waals surface area contributed by atoms with Crippen LogP contribution in [0.15, 0.2) is 0 Å². The molecular weight excluding hydrogens is 263 g/mol. The molecule has 0 spiro atoms. The molecule has 0 unspecified atom stereocenters. The van der Waals surface area contributed by atoms with E-state index in [2.05, 4.69) is 10.3 Å². The quantitative estimate of drug-likeness (QED) is 0.890. The van der Waals surface area contributed by atoms with E-state index in [1.54, 1.807) is 6.92 Å². The summed E-state index contributed by atoms with van der Waals surface area (Å²) in [4.78, 5) is 3.79. The van der Waals surface area contributed by atoms with Gasteiger partial charge >= 0.3 is 6.18 Å². The molecule has 3 N–H and O–H groups in total. The van der Waals surface area contributed by atoms with Crippen molar-refractivity contribution in [2.24, 2.45) is 5.73 Å². The Morgan fingerprint density at radius 3 is 2.61 bits per heavy atom. The van der Waals surface area contributed by atoms with Gasteiger partial charge in [0.2, 0.25) is 0 Å². The first-order valence-corrected chi connectivity index (χ1v) is 6.65. The van der Waals surface area contributed by atoms with Crippen LogP contribution in [-0.4, -0.2) is 17.1 Å². The molecule has 0 atom stereocenters. The van der Waals surface area contributed by atoms with Crippen molar-refractivity contribution in [1.29, 1.82) is 0 Å². The van der Waals surface area contributed by atoms with Crippen molar-refractivity contribution in [2.75, 3.05) is 6.54 Å². The van der Waals surface area contributed by atoms with E-state index in [1.807, 2.05) is 0 Å². The fourth-order valence-electron chi connectivity index (χ4n) is 2.04. The lowest BCUT2D eigenvalue weighted by Crippen LogP contribution is -2.53. The number of halogens is 3. The lowest BCUT2D eigenvalue weighted by molar-refractivity contribution is -0.141. The lowest BCUT2D eigenvalue weighted by Gasteiger charge is -2.38. The van der Waals surface area contributed by atoms with E-state index in [4.69, 9.17) is 5.73 Å². The molecule has 3 nitrogen and oxygen atoms in total. The van der Waals surface area contributed by atoms with Crippen molar-refractivity contribution in [3.8, 4) is 0 Å². The summed E-state index contributed by atoms with van der Waals surface area (Å²) in [5, 5.41) is 3.45. The second kappa shape index (κ2) is 4.79. The average molecular weight is 279 g/mol. The standard InChI is InChI=1S/C11H16F3N3S/c1-7-17-9(11(12,13)14)8(18-7)5-16-6-10(15)3-2-4-10/h16H,2-6,15H2,1H3. The summed E-state index contributed by atoms with van der Waals surface area (Å²) in [5.74, 6) is 0. The first-order valence-electron chi connectivity index (χ1n) is 5.83. The number of aromatic nitrogens is 1. The lowest BCUT2D eigenvalue weighted by atomic mass is 9.78. The van der Waals surface area contributed by atoms with Crippen LogP contribution in [0.25, 0.3) is 0 Å². The normalized spacial score (nSPS) is 18.7. The van der Waals surface area contributed by atoms with Crippen LogP contribution < -0.4 is 11.1 Å². The molecule has 2 rings (SSSR count). The van der Waals surface area contributed by atoms with E-state index in [0.717, 1.165) is 30.6 Å². The average Bonchev–Trinajstić information content (AvgIpc) is 2.57. The van der Waals surface area contributed by atoms with E-state index in [-0.39, 0.29) is 17.0 Å². The van der Waals surface area contributed by atoms with Gasteiger partial charge in [0.05, 0.1) is 9.88 Å². The van der Waals surface area contributed by atoms with E-state index < -0.39 is 11.9 Å². The van der Waals surface area contributed by atoms with Gasteiger partial charge in [-0.05, 0) is 26.2 Å². The predicted octanol–water partition coefficient (Wildman–Crippen LogP) is 2.44. The number of nitrogens with zero attached hydrogens (tertiary/aromatic N) is 1. The topological polar surface area (TPSA) is 50.9 Å². The Bertz CT molecular complexity index is 424. The fraction of sp³-hybridized carbons (Fsp3) is 0.727.